The minimum absolute atomic E-state index is 0.0394. The fraction of sp³-hybridized carbons (Fsp3) is 0.308. The lowest BCUT2D eigenvalue weighted by Crippen LogP contribution is -2.11. The van der Waals surface area contributed by atoms with Gasteiger partial charge >= 0.3 is 6.18 Å². The number of rotatable bonds is 4. The minimum atomic E-state index is -4.54. The quantitative estimate of drug-likeness (QED) is 0.933. The SMILES string of the molecule is COc1c(CNc2ccc(Cl)cc2)c(C(F)(F)F)nn1C. The van der Waals surface area contributed by atoms with Gasteiger partial charge in [-0.05, 0) is 24.3 Å². The average Bonchev–Trinajstić information content (AvgIpc) is 2.74. The standard InChI is InChI=1S/C13H13ClF3N3O/c1-20-12(21-2)10(11(19-20)13(15,16)17)7-18-9-5-3-8(14)4-6-9/h3-6,18H,7H2,1-2H3. The molecule has 1 aromatic carbocycles. The molecule has 4 nitrogen and oxygen atoms in total. The Labute approximate surface area is 124 Å². The summed E-state index contributed by atoms with van der Waals surface area (Å²) in [6, 6.07) is 6.65. The van der Waals surface area contributed by atoms with Gasteiger partial charge in [0.15, 0.2) is 5.69 Å². The van der Waals surface area contributed by atoms with Crippen LogP contribution >= 0.6 is 11.6 Å². The molecule has 1 heterocycles. The summed E-state index contributed by atoms with van der Waals surface area (Å²) in [5.74, 6) is 0.0730. The Balaban J connectivity index is 2.27. The molecule has 0 saturated carbocycles. The van der Waals surface area contributed by atoms with Gasteiger partial charge in [0.05, 0.1) is 12.7 Å². The van der Waals surface area contributed by atoms with Gasteiger partial charge in [-0.1, -0.05) is 11.6 Å². The second-order valence-electron chi connectivity index (χ2n) is 4.32. The van der Waals surface area contributed by atoms with Crippen molar-refractivity contribution < 1.29 is 17.9 Å². The highest BCUT2D eigenvalue weighted by Crippen LogP contribution is 2.35. The van der Waals surface area contributed by atoms with E-state index in [9.17, 15) is 13.2 Å². The van der Waals surface area contributed by atoms with E-state index in [0.717, 1.165) is 4.68 Å². The molecule has 114 valence electrons. The molecule has 0 aliphatic rings. The number of nitrogens with zero attached hydrogens (tertiary/aromatic N) is 2. The Morgan fingerprint density at radius 2 is 1.90 bits per heavy atom. The van der Waals surface area contributed by atoms with Crippen LogP contribution in [0.15, 0.2) is 24.3 Å². The molecule has 0 aliphatic heterocycles. The molecule has 8 heteroatoms. The van der Waals surface area contributed by atoms with Crippen molar-refractivity contribution in [2.45, 2.75) is 12.7 Å². The second-order valence-corrected chi connectivity index (χ2v) is 4.75. The smallest absolute Gasteiger partial charge is 0.435 e. The maximum Gasteiger partial charge on any atom is 0.435 e. The van der Waals surface area contributed by atoms with E-state index in [1.165, 1.54) is 14.2 Å². The van der Waals surface area contributed by atoms with E-state index in [4.69, 9.17) is 16.3 Å². The molecule has 0 saturated heterocycles. The maximum atomic E-state index is 13.0. The van der Waals surface area contributed by atoms with Crippen molar-refractivity contribution in [1.29, 1.82) is 0 Å². The summed E-state index contributed by atoms with van der Waals surface area (Å²) in [7, 11) is 2.71. The van der Waals surface area contributed by atoms with Crippen molar-refractivity contribution in [2.75, 3.05) is 12.4 Å². The van der Waals surface area contributed by atoms with Crippen molar-refractivity contribution in [1.82, 2.24) is 9.78 Å². The number of hydrogen-bond acceptors (Lipinski definition) is 3. The Hall–Kier alpha value is -1.89. The number of halogens is 4. The monoisotopic (exact) mass is 319 g/mol. The number of aryl methyl sites for hydroxylation is 1. The molecule has 2 rings (SSSR count). The van der Waals surface area contributed by atoms with Gasteiger partial charge in [-0.2, -0.15) is 18.3 Å². The number of ether oxygens (including phenoxy) is 1. The molecule has 21 heavy (non-hydrogen) atoms. The summed E-state index contributed by atoms with van der Waals surface area (Å²) in [6.45, 7) is -0.0620. The summed E-state index contributed by atoms with van der Waals surface area (Å²) in [4.78, 5) is 0. The molecular weight excluding hydrogens is 307 g/mol. The zero-order valence-corrected chi connectivity index (χ0v) is 12.1. The third-order valence-electron chi connectivity index (χ3n) is 2.86. The van der Waals surface area contributed by atoms with E-state index < -0.39 is 11.9 Å². The van der Waals surface area contributed by atoms with Gasteiger partial charge in [-0.15, -0.1) is 0 Å². The molecule has 0 spiro atoms. The lowest BCUT2D eigenvalue weighted by Gasteiger charge is -2.10. The predicted molar refractivity (Wildman–Crippen MR) is 73.5 cm³/mol. The zero-order chi connectivity index (χ0) is 15.6. The van der Waals surface area contributed by atoms with Crippen molar-refractivity contribution in [3.8, 4) is 5.88 Å². The van der Waals surface area contributed by atoms with Gasteiger partial charge in [-0.3, -0.25) is 0 Å². The number of nitrogens with one attached hydrogen (secondary N) is 1. The second kappa shape index (κ2) is 5.85. The van der Waals surface area contributed by atoms with E-state index in [2.05, 4.69) is 10.4 Å². The first-order valence-corrected chi connectivity index (χ1v) is 6.37. The Morgan fingerprint density at radius 1 is 1.29 bits per heavy atom. The van der Waals surface area contributed by atoms with Crippen molar-refractivity contribution >= 4 is 17.3 Å². The highest BCUT2D eigenvalue weighted by molar-refractivity contribution is 6.30. The third kappa shape index (κ3) is 3.41. The van der Waals surface area contributed by atoms with Gasteiger partial charge in [0, 0.05) is 24.3 Å². The highest BCUT2D eigenvalue weighted by Gasteiger charge is 2.39. The summed E-state index contributed by atoms with van der Waals surface area (Å²) < 4.78 is 45.0. The number of aromatic nitrogens is 2. The molecule has 0 radical (unpaired) electrons. The first kappa shape index (κ1) is 15.5. The first-order valence-electron chi connectivity index (χ1n) is 5.99. The van der Waals surface area contributed by atoms with E-state index in [1.54, 1.807) is 24.3 Å². The van der Waals surface area contributed by atoms with Crippen molar-refractivity contribution in [3.63, 3.8) is 0 Å². The predicted octanol–water partition coefficient (Wildman–Crippen LogP) is 3.71. The average molecular weight is 320 g/mol. The van der Waals surface area contributed by atoms with Crippen LogP contribution in [0.1, 0.15) is 11.3 Å². The topological polar surface area (TPSA) is 39.1 Å². The molecule has 0 unspecified atom stereocenters. The summed E-state index contributed by atoms with van der Waals surface area (Å²) in [5.41, 5.74) is -0.343. The fourth-order valence-corrected chi connectivity index (χ4v) is 2.08. The molecular formula is C13H13ClF3N3O. The van der Waals surface area contributed by atoms with E-state index in [0.29, 0.717) is 10.7 Å². The van der Waals surface area contributed by atoms with Crippen LogP contribution < -0.4 is 10.1 Å². The van der Waals surface area contributed by atoms with Crippen LogP contribution in [0, 0.1) is 0 Å². The molecule has 0 aliphatic carbocycles. The lowest BCUT2D eigenvalue weighted by atomic mass is 10.2. The molecule has 2 aromatic rings. The summed E-state index contributed by atoms with van der Waals surface area (Å²) >= 11 is 5.76. The molecule has 0 atom stereocenters. The molecule has 0 bridgehead atoms. The summed E-state index contributed by atoms with van der Waals surface area (Å²) in [6.07, 6.45) is -4.54. The zero-order valence-electron chi connectivity index (χ0n) is 11.3. The van der Waals surface area contributed by atoms with E-state index in [-0.39, 0.29) is 18.0 Å². The fourth-order valence-electron chi connectivity index (χ4n) is 1.95. The van der Waals surface area contributed by atoms with Crippen LogP contribution in [0.4, 0.5) is 18.9 Å². The molecule has 1 N–H and O–H groups in total. The van der Waals surface area contributed by atoms with Crippen molar-refractivity contribution in [2.24, 2.45) is 7.05 Å². The normalized spacial score (nSPS) is 11.5. The van der Waals surface area contributed by atoms with Crippen LogP contribution in [-0.4, -0.2) is 16.9 Å². The number of methoxy groups -OCH3 is 1. The Morgan fingerprint density at radius 3 is 2.43 bits per heavy atom. The van der Waals surface area contributed by atoms with Crippen LogP contribution in [0.5, 0.6) is 5.88 Å². The van der Waals surface area contributed by atoms with E-state index >= 15 is 0 Å². The van der Waals surface area contributed by atoms with Gasteiger partial charge < -0.3 is 10.1 Å². The number of alkyl halides is 3. The van der Waals surface area contributed by atoms with Gasteiger partial charge in [0.1, 0.15) is 0 Å². The van der Waals surface area contributed by atoms with Crippen LogP contribution in [0.3, 0.4) is 0 Å². The molecule has 0 amide bonds. The third-order valence-corrected chi connectivity index (χ3v) is 3.12. The minimum Gasteiger partial charge on any atom is -0.481 e. The Bertz CT molecular complexity index is 623. The number of hydrogen-bond donors (Lipinski definition) is 1. The highest BCUT2D eigenvalue weighted by atomic mass is 35.5. The van der Waals surface area contributed by atoms with Gasteiger partial charge in [-0.25, -0.2) is 4.68 Å². The van der Waals surface area contributed by atoms with E-state index in [1.807, 2.05) is 0 Å². The van der Waals surface area contributed by atoms with Crippen LogP contribution in [-0.2, 0) is 19.8 Å². The van der Waals surface area contributed by atoms with Crippen LogP contribution in [0.25, 0.3) is 0 Å². The lowest BCUT2D eigenvalue weighted by molar-refractivity contribution is -0.142. The molecule has 0 fully saturated rings. The largest absolute Gasteiger partial charge is 0.481 e. The first-order chi connectivity index (χ1) is 9.82. The molecule has 1 aromatic heterocycles. The van der Waals surface area contributed by atoms with Gasteiger partial charge in [0.25, 0.3) is 0 Å². The number of anilines is 1. The number of benzene rings is 1. The maximum absolute atomic E-state index is 13.0. The Kier molecular flexibility index (Phi) is 4.32. The van der Waals surface area contributed by atoms with Crippen molar-refractivity contribution in [3.05, 3.63) is 40.5 Å². The van der Waals surface area contributed by atoms with Crippen LogP contribution in [0.2, 0.25) is 5.02 Å². The van der Waals surface area contributed by atoms with Gasteiger partial charge in [0.2, 0.25) is 5.88 Å². The summed E-state index contributed by atoms with van der Waals surface area (Å²) in [5, 5.41) is 6.93.